The molecule has 206 valence electrons. The van der Waals surface area contributed by atoms with Crippen molar-refractivity contribution in [1.82, 2.24) is 15.2 Å². The van der Waals surface area contributed by atoms with E-state index < -0.39 is 9.84 Å². The van der Waals surface area contributed by atoms with Crippen molar-refractivity contribution in [1.29, 1.82) is 0 Å². The molecule has 0 unspecified atom stereocenters. The number of sulfone groups is 1. The Kier molecular flexibility index (Phi) is 8.64. The first kappa shape index (κ1) is 28.6. The highest BCUT2D eigenvalue weighted by molar-refractivity contribution is 7.90. The fraction of sp³-hybridized carbons (Fsp3) is 0.310. The molecule has 2 aromatic carbocycles. The van der Waals surface area contributed by atoms with E-state index in [4.69, 9.17) is 11.6 Å². The van der Waals surface area contributed by atoms with Gasteiger partial charge < -0.3 is 20.5 Å². The number of H-pyrrole nitrogens is 1. The average molecular weight is 569 g/mol. The van der Waals surface area contributed by atoms with E-state index in [1.54, 1.807) is 36.4 Å². The van der Waals surface area contributed by atoms with Crippen molar-refractivity contribution in [3.8, 4) is 0 Å². The quantitative estimate of drug-likeness (QED) is 0.304. The predicted molar refractivity (Wildman–Crippen MR) is 156 cm³/mol. The number of hydrogen-bond acceptors (Lipinski definition) is 5. The molecule has 3 N–H and O–H groups in total. The fourth-order valence-electron chi connectivity index (χ4n) is 4.75. The van der Waals surface area contributed by atoms with Crippen LogP contribution in [0.4, 0.5) is 5.69 Å². The highest BCUT2D eigenvalue weighted by Gasteiger charge is 2.28. The van der Waals surface area contributed by atoms with Crippen LogP contribution in [0, 0.1) is 13.8 Å². The van der Waals surface area contributed by atoms with E-state index >= 15 is 0 Å². The molecule has 3 aromatic rings. The van der Waals surface area contributed by atoms with Crippen LogP contribution in [-0.4, -0.2) is 56.3 Å². The number of aromatic amines is 1. The summed E-state index contributed by atoms with van der Waals surface area (Å²) in [6.45, 7) is 10.9. The summed E-state index contributed by atoms with van der Waals surface area (Å²) < 4.78 is 26.3. The smallest absolute Gasteiger partial charge is 0.256 e. The van der Waals surface area contributed by atoms with Crippen LogP contribution in [-0.2, 0) is 20.4 Å². The van der Waals surface area contributed by atoms with Gasteiger partial charge in [0.2, 0.25) is 0 Å². The molecule has 0 bridgehead atoms. The Bertz CT molecular complexity index is 1540. The lowest BCUT2D eigenvalue weighted by molar-refractivity contribution is -0.110. The van der Waals surface area contributed by atoms with Gasteiger partial charge in [-0.05, 0) is 74.5 Å². The maximum absolute atomic E-state index is 13.2. The second kappa shape index (κ2) is 11.8. The Hall–Kier alpha value is -3.40. The van der Waals surface area contributed by atoms with Gasteiger partial charge in [0.15, 0.2) is 9.84 Å². The molecule has 0 saturated carbocycles. The highest BCUT2D eigenvalue weighted by atomic mass is 35.5. The van der Waals surface area contributed by atoms with Crippen LogP contribution >= 0.6 is 11.6 Å². The predicted octanol–water partition coefficient (Wildman–Crippen LogP) is 4.82. The van der Waals surface area contributed by atoms with Crippen LogP contribution in [0.25, 0.3) is 11.6 Å². The number of carbonyl (C=O) groups excluding carboxylic acids is 2. The maximum atomic E-state index is 13.2. The van der Waals surface area contributed by atoms with Gasteiger partial charge >= 0.3 is 0 Å². The summed E-state index contributed by atoms with van der Waals surface area (Å²) in [4.78, 5) is 31.4. The largest absolute Gasteiger partial charge is 0.358 e. The maximum Gasteiger partial charge on any atom is 0.256 e. The van der Waals surface area contributed by atoms with Gasteiger partial charge in [0.1, 0.15) is 0 Å². The molecule has 0 aliphatic carbocycles. The highest BCUT2D eigenvalue weighted by Crippen LogP contribution is 2.36. The van der Waals surface area contributed by atoms with Gasteiger partial charge in [-0.2, -0.15) is 0 Å². The number of carbonyl (C=O) groups is 2. The van der Waals surface area contributed by atoms with Crippen molar-refractivity contribution in [2.24, 2.45) is 0 Å². The second-order valence-corrected chi connectivity index (χ2v) is 12.0. The Morgan fingerprint density at radius 3 is 2.44 bits per heavy atom. The first-order valence-electron chi connectivity index (χ1n) is 12.9. The number of hydrogen-bond donors (Lipinski definition) is 3. The summed E-state index contributed by atoms with van der Waals surface area (Å²) >= 11 is 5.92. The number of likely N-dealkylation sites (N-methyl/N-ethyl adjacent to an activating group) is 1. The van der Waals surface area contributed by atoms with Crippen LogP contribution in [0.3, 0.4) is 0 Å². The number of halogens is 1. The molecule has 10 heteroatoms. The number of nitrogens with zero attached hydrogens (tertiary/aromatic N) is 1. The summed E-state index contributed by atoms with van der Waals surface area (Å²) in [5.74, 6) is -0.704. The molecule has 2 amide bonds. The second-order valence-electron chi connectivity index (χ2n) is 9.55. The summed E-state index contributed by atoms with van der Waals surface area (Å²) in [5.41, 5.74) is 4.54. The molecule has 0 atom stereocenters. The van der Waals surface area contributed by atoms with E-state index in [9.17, 15) is 18.0 Å². The minimum absolute atomic E-state index is 0.117. The zero-order valence-electron chi connectivity index (χ0n) is 22.5. The third kappa shape index (κ3) is 6.27. The lowest BCUT2D eigenvalue weighted by atomic mass is 10.0. The van der Waals surface area contributed by atoms with E-state index in [2.05, 4.69) is 34.4 Å². The van der Waals surface area contributed by atoms with Gasteiger partial charge in [-0.25, -0.2) is 8.42 Å². The Balaban J connectivity index is 1.60. The molecule has 4 rings (SSSR count). The third-order valence-corrected chi connectivity index (χ3v) is 8.94. The van der Waals surface area contributed by atoms with Gasteiger partial charge in [0.25, 0.3) is 11.8 Å². The summed E-state index contributed by atoms with van der Waals surface area (Å²) in [5, 5.41) is 6.32. The Labute approximate surface area is 234 Å². The average Bonchev–Trinajstić information content (AvgIpc) is 3.36. The SMILES string of the molecule is CCN(CC)CCNC(=O)c1c(C)[nH]c(C=C2C(=O)Nc3ccc(S(=O)(=O)Cc4ccc(Cl)cc4)cc32)c1C. The van der Waals surface area contributed by atoms with E-state index in [1.807, 2.05) is 13.8 Å². The van der Waals surface area contributed by atoms with Crippen LogP contribution < -0.4 is 10.6 Å². The molecule has 0 saturated heterocycles. The first-order valence-corrected chi connectivity index (χ1v) is 14.9. The standard InChI is InChI=1S/C29H33ClN4O4S/c1-5-34(6-2)14-13-31-29(36)27-18(3)26(32-19(27)4)16-24-23-15-22(11-12-25(23)33-28(24)35)39(37,38)17-20-7-9-21(30)10-8-20/h7-12,15-16,32H,5-6,13-14,17H2,1-4H3,(H,31,36)(H,33,35). The first-order chi connectivity index (χ1) is 18.5. The molecule has 8 nitrogen and oxygen atoms in total. The fourth-order valence-corrected chi connectivity index (χ4v) is 6.24. The zero-order chi connectivity index (χ0) is 28.3. The van der Waals surface area contributed by atoms with Crippen molar-refractivity contribution in [2.75, 3.05) is 31.5 Å². The van der Waals surface area contributed by atoms with Crippen LogP contribution in [0.5, 0.6) is 0 Å². The van der Waals surface area contributed by atoms with Crippen molar-refractivity contribution >= 4 is 50.6 Å². The molecular weight excluding hydrogens is 536 g/mol. The normalized spacial score (nSPS) is 14.1. The minimum Gasteiger partial charge on any atom is -0.358 e. The van der Waals surface area contributed by atoms with E-state index in [0.717, 1.165) is 19.6 Å². The number of fused-ring (bicyclic) bond motifs is 1. The lowest BCUT2D eigenvalue weighted by Crippen LogP contribution is -2.35. The monoisotopic (exact) mass is 568 g/mol. The molecule has 0 fully saturated rings. The zero-order valence-corrected chi connectivity index (χ0v) is 24.1. The number of aryl methyl sites for hydroxylation is 1. The van der Waals surface area contributed by atoms with Gasteiger partial charge in [-0.3, -0.25) is 9.59 Å². The van der Waals surface area contributed by atoms with Crippen molar-refractivity contribution in [2.45, 2.75) is 38.3 Å². The third-order valence-electron chi connectivity index (χ3n) is 7.00. The van der Waals surface area contributed by atoms with Crippen LogP contribution in [0.2, 0.25) is 5.02 Å². The molecule has 1 aromatic heterocycles. The van der Waals surface area contributed by atoms with Crippen molar-refractivity contribution < 1.29 is 18.0 Å². The number of amides is 2. The minimum atomic E-state index is -3.68. The molecule has 2 heterocycles. The number of anilines is 1. The van der Waals surface area contributed by atoms with Crippen LogP contribution in [0.1, 0.15) is 52.3 Å². The molecule has 0 radical (unpaired) electrons. The molecule has 1 aliphatic rings. The molecule has 0 spiro atoms. The van der Waals surface area contributed by atoms with Crippen molar-refractivity contribution in [3.63, 3.8) is 0 Å². The summed E-state index contributed by atoms with van der Waals surface area (Å²) in [6.07, 6.45) is 1.67. The Morgan fingerprint density at radius 2 is 1.77 bits per heavy atom. The summed E-state index contributed by atoms with van der Waals surface area (Å²) in [6, 6.07) is 11.3. The van der Waals surface area contributed by atoms with Crippen LogP contribution in [0.15, 0.2) is 47.4 Å². The summed E-state index contributed by atoms with van der Waals surface area (Å²) in [7, 11) is -3.68. The van der Waals surface area contributed by atoms with E-state index in [-0.39, 0.29) is 22.5 Å². The molecule has 1 aliphatic heterocycles. The molecular formula is C29H33ClN4O4S. The van der Waals surface area contributed by atoms with Gasteiger partial charge in [0, 0.05) is 40.8 Å². The van der Waals surface area contributed by atoms with Gasteiger partial charge in [0.05, 0.1) is 21.8 Å². The number of aromatic nitrogens is 1. The lowest BCUT2D eigenvalue weighted by Gasteiger charge is -2.18. The number of benzene rings is 2. The Morgan fingerprint density at radius 1 is 1.08 bits per heavy atom. The van der Waals surface area contributed by atoms with E-state index in [1.165, 1.54) is 12.1 Å². The number of rotatable bonds is 10. The topological polar surface area (TPSA) is 111 Å². The van der Waals surface area contributed by atoms with Gasteiger partial charge in [-0.1, -0.05) is 37.6 Å². The van der Waals surface area contributed by atoms with Crippen molar-refractivity contribution in [3.05, 3.63) is 81.1 Å². The number of nitrogens with one attached hydrogen (secondary N) is 3. The molecule has 39 heavy (non-hydrogen) atoms. The van der Waals surface area contributed by atoms with E-state index in [0.29, 0.717) is 56.5 Å². The van der Waals surface area contributed by atoms with Gasteiger partial charge in [-0.15, -0.1) is 0 Å².